The average Bonchev–Trinajstić information content (AvgIpc) is 3.31. The van der Waals surface area contributed by atoms with Gasteiger partial charge in [-0.15, -0.1) is 10.2 Å². The minimum absolute atomic E-state index is 0.275. The van der Waals surface area contributed by atoms with Gasteiger partial charge in [-0.2, -0.15) is 0 Å². The zero-order valence-corrected chi connectivity index (χ0v) is 15.3. The van der Waals surface area contributed by atoms with Crippen LogP contribution in [0.25, 0.3) is 21.7 Å². The molecule has 4 rings (SSSR count). The molecule has 1 amide bonds. The summed E-state index contributed by atoms with van der Waals surface area (Å²) in [5, 5.41) is 12.1. The van der Waals surface area contributed by atoms with E-state index in [-0.39, 0.29) is 11.7 Å². The molecule has 2 aromatic heterocycles. The molecule has 0 aliphatic heterocycles. The number of carbonyl (C=O) groups is 1. The number of hydrogen-bond donors (Lipinski definition) is 2. The molecular formula is C20H16N4O2S. The lowest BCUT2D eigenvalue weighted by molar-refractivity contribution is 0.0996. The quantitative estimate of drug-likeness (QED) is 0.507. The number of benzene rings is 2. The Labute approximate surface area is 159 Å². The van der Waals surface area contributed by atoms with E-state index in [1.54, 1.807) is 6.07 Å². The summed E-state index contributed by atoms with van der Waals surface area (Å²) in [5.74, 6) is -0.0633. The summed E-state index contributed by atoms with van der Waals surface area (Å²) in [5.41, 5.74) is 10.5. The molecule has 4 aromatic rings. The van der Waals surface area contributed by atoms with Gasteiger partial charge in [0.25, 0.3) is 5.91 Å². The molecule has 7 heteroatoms. The normalized spacial score (nSPS) is 10.7. The summed E-state index contributed by atoms with van der Waals surface area (Å²) < 4.78 is 5.19. The van der Waals surface area contributed by atoms with E-state index in [9.17, 15) is 4.79 Å². The van der Waals surface area contributed by atoms with Crippen LogP contribution in [0.3, 0.4) is 0 Å². The fraction of sp³-hybridized carbons (Fsp3) is 0.0500. The largest absolute Gasteiger partial charge is 0.459 e. The maximum absolute atomic E-state index is 12.2. The SMILES string of the molecule is Cc1ccoc1C(=O)Nc1nnc(-c2ccc(-c3ccccc3N)cc2)s1. The monoisotopic (exact) mass is 376 g/mol. The van der Waals surface area contributed by atoms with Gasteiger partial charge in [0.1, 0.15) is 5.01 Å². The standard InChI is InChI=1S/C20H16N4O2S/c1-12-10-11-26-17(12)18(25)22-20-24-23-19(27-20)14-8-6-13(7-9-14)15-4-2-3-5-16(15)21/h2-11H,21H2,1H3,(H,22,24,25). The number of hydrogen-bond acceptors (Lipinski definition) is 6. The molecule has 27 heavy (non-hydrogen) atoms. The number of anilines is 2. The Kier molecular flexibility index (Phi) is 4.43. The number of amides is 1. The molecule has 0 bridgehead atoms. The van der Waals surface area contributed by atoms with Crippen LogP contribution in [0.2, 0.25) is 0 Å². The van der Waals surface area contributed by atoms with Crippen molar-refractivity contribution < 1.29 is 9.21 Å². The first-order valence-electron chi connectivity index (χ1n) is 8.26. The number of para-hydroxylation sites is 1. The lowest BCUT2D eigenvalue weighted by atomic mass is 10.0. The van der Waals surface area contributed by atoms with Gasteiger partial charge >= 0.3 is 0 Å². The van der Waals surface area contributed by atoms with E-state index < -0.39 is 0 Å². The fourth-order valence-corrected chi connectivity index (χ4v) is 3.45. The summed E-state index contributed by atoms with van der Waals surface area (Å²) in [6, 6.07) is 17.4. The molecule has 2 heterocycles. The van der Waals surface area contributed by atoms with Gasteiger partial charge in [0.15, 0.2) is 5.76 Å². The van der Waals surface area contributed by atoms with Crippen molar-refractivity contribution in [2.24, 2.45) is 0 Å². The Morgan fingerprint density at radius 1 is 1.04 bits per heavy atom. The highest BCUT2D eigenvalue weighted by Crippen LogP contribution is 2.30. The van der Waals surface area contributed by atoms with Crippen LogP contribution in [0, 0.1) is 6.92 Å². The third kappa shape index (κ3) is 3.45. The van der Waals surface area contributed by atoms with Crippen molar-refractivity contribution in [1.29, 1.82) is 0 Å². The summed E-state index contributed by atoms with van der Waals surface area (Å²) in [6.45, 7) is 1.81. The smallest absolute Gasteiger partial charge is 0.293 e. The van der Waals surface area contributed by atoms with E-state index in [1.165, 1.54) is 17.6 Å². The summed E-state index contributed by atoms with van der Waals surface area (Å²) >= 11 is 1.30. The van der Waals surface area contributed by atoms with Crippen LogP contribution in [-0.4, -0.2) is 16.1 Å². The zero-order valence-electron chi connectivity index (χ0n) is 14.5. The van der Waals surface area contributed by atoms with Crippen LogP contribution in [0.4, 0.5) is 10.8 Å². The highest BCUT2D eigenvalue weighted by molar-refractivity contribution is 7.18. The lowest BCUT2D eigenvalue weighted by Gasteiger charge is -2.05. The predicted molar refractivity (Wildman–Crippen MR) is 107 cm³/mol. The maximum atomic E-state index is 12.2. The number of nitrogens with two attached hydrogens (primary N) is 1. The number of nitrogen functional groups attached to an aromatic ring is 1. The molecule has 6 nitrogen and oxygen atoms in total. The van der Waals surface area contributed by atoms with Crippen molar-refractivity contribution in [1.82, 2.24) is 10.2 Å². The second kappa shape index (κ2) is 7.05. The van der Waals surface area contributed by atoms with Gasteiger partial charge in [-0.25, -0.2) is 0 Å². The Morgan fingerprint density at radius 2 is 1.78 bits per heavy atom. The highest BCUT2D eigenvalue weighted by atomic mass is 32.1. The first kappa shape index (κ1) is 17.0. The van der Waals surface area contributed by atoms with Crippen molar-refractivity contribution in [2.45, 2.75) is 6.92 Å². The van der Waals surface area contributed by atoms with E-state index in [4.69, 9.17) is 10.2 Å². The minimum Gasteiger partial charge on any atom is -0.459 e. The average molecular weight is 376 g/mol. The van der Waals surface area contributed by atoms with Crippen LogP contribution in [0.15, 0.2) is 65.3 Å². The third-order valence-electron chi connectivity index (χ3n) is 4.12. The van der Waals surface area contributed by atoms with Crippen LogP contribution < -0.4 is 11.1 Å². The number of nitrogens with one attached hydrogen (secondary N) is 1. The van der Waals surface area contributed by atoms with E-state index in [0.717, 1.165) is 27.9 Å². The third-order valence-corrected chi connectivity index (χ3v) is 5.01. The Morgan fingerprint density at radius 3 is 2.48 bits per heavy atom. The molecule has 0 aliphatic carbocycles. The van der Waals surface area contributed by atoms with E-state index >= 15 is 0 Å². The molecule has 0 saturated heterocycles. The van der Waals surface area contributed by atoms with Gasteiger partial charge < -0.3 is 10.2 Å². The molecule has 3 N–H and O–H groups in total. The molecule has 0 aliphatic rings. The molecule has 2 aromatic carbocycles. The second-order valence-corrected chi connectivity index (χ2v) is 6.94. The Bertz CT molecular complexity index is 1100. The molecule has 0 atom stereocenters. The molecular weight excluding hydrogens is 360 g/mol. The van der Waals surface area contributed by atoms with Gasteiger partial charge in [0, 0.05) is 22.4 Å². The predicted octanol–water partition coefficient (Wildman–Crippen LogP) is 4.61. The first-order chi connectivity index (χ1) is 13.1. The van der Waals surface area contributed by atoms with Gasteiger partial charge in [-0.1, -0.05) is 53.8 Å². The molecule has 134 valence electrons. The molecule has 0 saturated carbocycles. The van der Waals surface area contributed by atoms with Crippen LogP contribution >= 0.6 is 11.3 Å². The first-order valence-corrected chi connectivity index (χ1v) is 9.08. The Balaban J connectivity index is 1.52. The van der Waals surface area contributed by atoms with Crippen LogP contribution in [-0.2, 0) is 0 Å². The summed E-state index contributed by atoms with van der Waals surface area (Å²) in [4.78, 5) is 12.2. The van der Waals surface area contributed by atoms with Gasteiger partial charge in [-0.3, -0.25) is 10.1 Å². The fourth-order valence-electron chi connectivity index (χ4n) is 2.70. The lowest BCUT2D eigenvalue weighted by Crippen LogP contribution is -2.11. The van der Waals surface area contributed by atoms with Crippen molar-refractivity contribution in [3.63, 3.8) is 0 Å². The van der Waals surface area contributed by atoms with Gasteiger partial charge in [0.2, 0.25) is 5.13 Å². The van der Waals surface area contributed by atoms with Crippen molar-refractivity contribution >= 4 is 28.1 Å². The van der Waals surface area contributed by atoms with Crippen LogP contribution in [0.1, 0.15) is 16.1 Å². The van der Waals surface area contributed by atoms with Crippen molar-refractivity contribution in [3.05, 3.63) is 72.2 Å². The topological polar surface area (TPSA) is 94.0 Å². The van der Waals surface area contributed by atoms with Crippen molar-refractivity contribution in [2.75, 3.05) is 11.1 Å². The van der Waals surface area contributed by atoms with Crippen molar-refractivity contribution in [3.8, 4) is 21.7 Å². The van der Waals surface area contributed by atoms with E-state index in [0.29, 0.717) is 10.1 Å². The maximum Gasteiger partial charge on any atom is 0.293 e. The second-order valence-electron chi connectivity index (χ2n) is 5.96. The number of rotatable bonds is 4. The zero-order chi connectivity index (χ0) is 18.8. The van der Waals surface area contributed by atoms with E-state index in [1.807, 2.05) is 55.5 Å². The van der Waals surface area contributed by atoms with Crippen LogP contribution in [0.5, 0.6) is 0 Å². The highest BCUT2D eigenvalue weighted by Gasteiger charge is 2.15. The number of aromatic nitrogens is 2. The molecule has 0 radical (unpaired) electrons. The Hall–Kier alpha value is -3.45. The van der Waals surface area contributed by atoms with Gasteiger partial charge in [-0.05, 0) is 24.6 Å². The number of carbonyl (C=O) groups excluding carboxylic acids is 1. The summed E-state index contributed by atoms with van der Waals surface area (Å²) in [7, 11) is 0. The van der Waals surface area contributed by atoms with E-state index in [2.05, 4.69) is 15.5 Å². The molecule has 0 unspecified atom stereocenters. The minimum atomic E-state index is -0.338. The number of aryl methyl sites for hydroxylation is 1. The molecule has 0 fully saturated rings. The number of nitrogens with zero attached hydrogens (tertiary/aromatic N) is 2. The summed E-state index contributed by atoms with van der Waals surface area (Å²) in [6.07, 6.45) is 1.48. The number of furan rings is 1. The molecule has 0 spiro atoms. The van der Waals surface area contributed by atoms with Gasteiger partial charge in [0.05, 0.1) is 6.26 Å².